The topological polar surface area (TPSA) is 50.1 Å². The first kappa shape index (κ1) is 13.8. The summed E-state index contributed by atoms with van der Waals surface area (Å²) in [6, 6.07) is 14.7. The van der Waals surface area contributed by atoms with Crippen LogP contribution in [0, 0.1) is 25.2 Å². The molecule has 0 bridgehead atoms. The minimum Gasteiger partial charge on any atom is -0.457 e. The number of aryl methyl sites for hydroxylation is 2. The van der Waals surface area contributed by atoms with Crippen molar-refractivity contribution in [3.05, 3.63) is 70.3 Å². The smallest absolute Gasteiger partial charge is 0.338 e. The molecule has 3 nitrogen and oxygen atoms in total. The summed E-state index contributed by atoms with van der Waals surface area (Å²) in [6.45, 7) is 4.10. The predicted octanol–water partition coefficient (Wildman–Crippen LogP) is 3.53. The number of hydrogen-bond donors (Lipinski definition) is 0. The van der Waals surface area contributed by atoms with E-state index >= 15 is 0 Å². The Bertz CT molecular complexity index is 646. The predicted molar refractivity (Wildman–Crippen MR) is 76.2 cm³/mol. The molecule has 2 aromatic rings. The fourth-order valence-corrected chi connectivity index (χ4v) is 2.00. The quantitative estimate of drug-likeness (QED) is 0.798. The Labute approximate surface area is 118 Å². The molecule has 0 aliphatic rings. The molecule has 3 heteroatoms. The molecular formula is C17H15NO2. The fraction of sp³-hybridized carbons (Fsp3) is 0.176. The van der Waals surface area contributed by atoms with Crippen LogP contribution in [0.2, 0.25) is 0 Å². The van der Waals surface area contributed by atoms with E-state index in [1.165, 1.54) is 0 Å². The van der Waals surface area contributed by atoms with Gasteiger partial charge in [-0.1, -0.05) is 29.3 Å². The van der Waals surface area contributed by atoms with Crippen molar-refractivity contribution in [2.24, 2.45) is 0 Å². The number of nitrogens with zero attached hydrogens (tertiary/aromatic N) is 1. The van der Waals surface area contributed by atoms with Crippen molar-refractivity contribution in [2.75, 3.05) is 0 Å². The van der Waals surface area contributed by atoms with Gasteiger partial charge in [-0.15, -0.1) is 0 Å². The van der Waals surface area contributed by atoms with Crippen molar-refractivity contribution in [3.8, 4) is 6.07 Å². The first-order valence-corrected chi connectivity index (χ1v) is 6.33. The number of rotatable bonds is 3. The van der Waals surface area contributed by atoms with Gasteiger partial charge in [0.2, 0.25) is 0 Å². The minimum absolute atomic E-state index is 0.206. The molecule has 100 valence electrons. The Kier molecular flexibility index (Phi) is 4.17. The van der Waals surface area contributed by atoms with Crippen molar-refractivity contribution in [3.63, 3.8) is 0 Å². The van der Waals surface area contributed by atoms with Gasteiger partial charge in [-0.05, 0) is 43.7 Å². The molecule has 0 unspecified atom stereocenters. The molecule has 0 saturated carbocycles. The van der Waals surface area contributed by atoms with E-state index in [0.29, 0.717) is 11.1 Å². The van der Waals surface area contributed by atoms with Crippen LogP contribution in [0.1, 0.15) is 32.6 Å². The highest BCUT2D eigenvalue weighted by molar-refractivity contribution is 5.89. The summed E-state index contributed by atoms with van der Waals surface area (Å²) < 4.78 is 5.28. The van der Waals surface area contributed by atoms with Gasteiger partial charge in [0, 0.05) is 0 Å². The van der Waals surface area contributed by atoms with Gasteiger partial charge in [0.15, 0.2) is 0 Å². The van der Waals surface area contributed by atoms with Gasteiger partial charge in [0.1, 0.15) is 6.61 Å². The Morgan fingerprint density at radius 3 is 2.25 bits per heavy atom. The molecule has 0 N–H and O–H groups in total. The van der Waals surface area contributed by atoms with Crippen LogP contribution in [-0.4, -0.2) is 5.97 Å². The molecule has 2 aromatic carbocycles. The van der Waals surface area contributed by atoms with Gasteiger partial charge in [0.05, 0.1) is 17.2 Å². The van der Waals surface area contributed by atoms with Gasteiger partial charge in [0.25, 0.3) is 0 Å². The van der Waals surface area contributed by atoms with E-state index in [1.54, 1.807) is 24.3 Å². The maximum atomic E-state index is 12.0. The van der Waals surface area contributed by atoms with Crippen LogP contribution < -0.4 is 0 Å². The van der Waals surface area contributed by atoms with Gasteiger partial charge in [-0.2, -0.15) is 5.26 Å². The third kappa shape index (κ3) is 3.46. The molecule has 0 saturated heterocycles. The van der Waals surface area contributed by atoms with Crippen LogP contribution in [0.15, 0.2) is 42.5 Å². The van der Waals surface area contributed by atoms with Crippen LogP contribution >= 0.6 is 0 Å². The zero-order valence-corrected chi connectivity index (χ0v) is 11.5. The largest absolute Gasteiger partial charge is 0.457 e. The highest BCUT2D eigenvalue weighted by Crippen LogP contribution is 2.12. The second-order valence-corrected chi connectivity index (χ2v) is 4.76. The lowest BCUT2D eigenvalue weighted by atomic mass is 10.1. The average Bonchev–Trinajstić information content (AvgIpc) is 2.44. The fourth-order valence-electron chi connectivity index (χ4n) is 2.00. The van der Waals surface area contributed by atoms with Crippen LogP contribution in [0.5, 0.6) is 0 Å². The Balaban J connectivity index is 2.02. The summed E-state index contributed by atoms with van der Waals surface area (Å²) in [4.78, 5) is 12.0. The summed E-state index contributed by atoms with van der Waals surface area (Å²) in [5.74, 6) is -0.332. The standard InChI is InChI=1S/C17H15NO2/c1-12-7-13(2)9-16(8-12)17(19)20-11-15-5-3-14(10-18)4-6-15/h3-9H,11H2,1-2H3. The Morgan fingerprint density at radius 2 is 1.70 bits per heavy atom. The summed E-state index contributed by atoms with van der Waals surface area (Å²) >= 11 is 0. The normalized spacial score (nSPS) is 9.85. The second kappa shape index (κ2) is 6.03. The van der Waals surface area contributed by atoms with Crippen molar-refractivity contribution >= 4 is 5.97 Å². The number of esters is 1. The Morgan fingerprint density at radius 1 is 1.10 bits per heavy atom. The van der Waals surface area contributed by atoms with E-state index in [2.05, 4.69) is 0 Å². The number of ether oxygens (including phenoxy) is 1. The lowest BCUT2D eigenvalue weighted by Gasteiger charge is -2.07. The van der Waals surface area contributed by atoms with E-state index in [0.717, 1.165) is 16.7 Å². The Hall–Kier alpha value is -2.60. The molecule has 0 atom stereocenters. The molecule has 0 aliphatic heterocycles. The summed E-state index contributed by atoms with van der Waals surface area (Å²) in [7, 11) is 0. The third-order valence-corrected chi connectivity index (χ3v) is 2.91. The monoisotopic (exact) mass is 265 g/mol. The summed E-state index contributed by atoms with van der Waals surface area (Å²) in [5, 5.41) is 8.71. The molecule has 0 heterocycles. The molecule has 0 aromatic heterocycles. The molecule has 0 aliphatic carbocycles. The van der Waals surface area contributed by atoms with Gasteiger partial charge in [-0.25, -0.2) is 4.79 Å². The first-order chi connectivity index (χ1) is 9.58. The first-order valence-electron chi connectivity index (χ1n) is 6.33. The van der Waals surface area contributed by atoms with E-state index in [-0.39, 0.29) is 12.6 Å². The number of nitriles is 1. The SMILES string of the molecule is Cc1cc(C)cc(C(=O)OCc2ccc(C#N)cc2)c1. The number of benzene rings is 2. The molecule has 0 radical (unpaired) electrons. The second-order valence-electron chi connectivity index (χ2n) is 4.76. The van der Waals surface area contributed by atoms with Crippen LogP contribution in [0.4, 0.5) is 0 Å². The van der Waals surface area contributed by atoms with Crippen LogP contribution in [-0.2, 0) is 11.3 Å². The van der Waals surface area contributed by atoms with E-state index < -0.39 is 0 Å². The molecule has 0 spiro atoms. The van der Waals surface area contributed by atoms with E-state index in [4.69, 9.17) is 10.00 Å². The van der Waals surface area contributed by atoms with E-state index in [1.807, 2.05) is 38.1 Å². The van der Waals surface area contributed by atoms with E-state index in [9.17, 15) is 4.79 Å². The number of carbonyl (C=O) groups is 1. The van der Waals surface area contributed by atoms with Crippen LogP contribution in [0.3, 0.4) is 0 Å². The van der Waals surface area contributed by atoms with Crippen molar-refractivity contribution in [2.45, 2.75) is 20.5 Å². The number of carbonyl (C=O) groups excluding carboxylic acids is 1. The zero-order chi connectivity index (χ0) is 14.5. The highest BCUT2D eigenvalue weighted by atomic mass is 16.5. The minimum atomic E-state index is -0.332. The third-order valence-electron chi connectivity index (χ3n) is 2.91. The number of hydrogen-bond acceptors (Lipinski definition) is 3. The average molecular weight is 265 g/mol. The van der Waals surface area contributed by atoms with Crippen LogP contribution in [0.25, 0.3) is 0 Å². The highest BCUT2D eigenvalue weighted by Gasteiger charge is 2.08. The van der Waals surface area contributed by atoms with Gasteiger partial charge in [-0.3, -0.25) is 0 Å². The molecule has 0 amide bonds. The maximum Gasteiger partial charge on any atom is 0.338 e. The van der Waals surface area contributed by atoms with Gasteiger partial charge >= 0.3 is 5.97 Å². The lowest BCUT2D eigenvalue weighted by Crippen LogP contribution is -2.06. The van der Waals surface area contributed by atoms with Crippen molar-refractivity contribution in [1.29, 1.82) is 5.26 Å². The maximum absolute atomic E-state index is 12.0. The van der Waals surface area contributed by atoms with Gasteiger partial charge < -0.3 is 4.74 Å². The van der Waals surface area contributed by atoms with Crippen molar-refractivity contribution in [1.82, 2.24) is 0 Å². The summed E-state index contributed by atoms with van der Waals surface area (Å²) in [5.41, 5.74) is 4.10. The summed E-state index contributed by atoms with van der Waals surface area (Å²) in [6.07, 6.45) is 0. The molecule has 20 heavy (non-hydrogen) atoms. The molecule has 2 rings (SSSR count). The zero-order valence-electron chi connectivity index (χ0n) is 11.5. The van der Waals surface area contributed by atoms with Crippen molar-refractivity contribution < 1.29 is 9.53 Å². The molecule has 0 fully saturated rings. The molecular weight excluding hydrogens is 250 g/mol. The lowest BCUT2D eigenvalue weighted by molar-refractivity contribution is 0.0472.